The highest BCUT2D eigenvalue weighted by Crippen LogP contribution is 2.19. The summed E-state index contributed by atoms with van der Waals surface area (Å²) in [7, 11) is -0.721. The van der Waals surface area contributed by atoms with Crippen LogP contribution in [-0.2, 0) is 19.6 Å². The maximum atomic E-state index is 12.1. The Balaban J connectivity index is 2.00. The van der Waals surface area contributed by atoms with Gasteiger partial charge in [0.05, 0.1) is 4.90 Å². The SMILES string of the molecule is CC(=O)Nc1cccc(OCC(=O)Nc2cccc(S(=O)(=O)N(C)C)c2)c1. The number of ether oxygens (including phenoxy) is 1. The molecule has 2 aromatic rings. The summed E-state index contributed by atoms with van der Waals surface area (Å²) in [6.45, 7) is 1.12. The second-order valence-corrected chi connectivity index (χ2v) is 8.01. The molecule has 0 bridgehead atoms. The first-order valence-electron chi connectivity index (χ1n) is 8.01. The maximum absolute atomic E-state index is 12.1. The van der Waals surface area contributed by atoms with E-state index < -0.39 is 15.9 Å². The first-order valence-corrected chi connectivity index (χ1v) is 9.45. The van der Waals surface area contributed by atoms with E-state index >= 15 is 0 Å². The molecule has 2 rings (SSSR count). The molecule has 0 atom stereocenters. The summed E-state index contributed by atoms with van der Waals surface area (Å²) in [6, 6.07) is 12.6. The van der Waals surface area contributed by atoms with Gasteiger partial charge in [0.2, 0.25) is 15.9 Å². The van der Waals surface area contributed by atoms with Crippen LogP contribution in [0.15, 0.2) is 53.4 Å². The van der Waals surface area contributed by atoms with Crippen LogP contribution in [0.4, 0.5) is 11.4 Å². The molecule has 0 aromatic heterocycles. The van der Waals surface area contributed by atoms with Crippen LogP contribution >= 0.6 is 0 Å². The monoisotopic (exact) mass is 391 g/mol. The van der Waals surface area contributed by atoms with Crippen molar-refractivity contribution in [1.82, 2.24) is 4.31 Å². The summed E-state index contributed by atoms with van der Waals surface area (Å²) in [6.07, 6.45) is 0. The van der Waals surface area contributed by atoms with Crippen LogP contribution in [0.2, 0.25) is 0 Å². The highest BCUT2D eigenvalue weighted by atomic mass is 32.2. The van der Waals surface area contributed by atoms with Crippen molar-refractivity contribution in [1.29, 1.82) is 0 Å². The van der Waals surface area contributed by atoms with E-state index in [1.54, 1.807) is 36.4 Å². The number of carbonyl (C=O) groups is 2. The van der Waals surface area contributed by atoms with Crippen LogP contribution in [0.3, 0.4) is 0 Å². The summed E-state index contributed by atoms with van der Waals surface area (Å²) in [4.78, 5) is 23.2. The molecule has 0 saturated carbocycles. The van der Waals surface area contributed by atoms with E-state index in [1.165, 1.54) is 33.2 Å². The Labute approximate surface area is 158 Å². The zero-order chi connectivity index (χ0) is 20.0. The molecule has 0 unspecified atom stereocenters. The van der Waals surface area contributed by atoms with Crippen molar-refractivity contribution in [3.05, 3.63) is 48.5 Å². The molecule has 0 aliphatic carbocycles. The van der Waals surface area contributed by atoms with E-state index in [1.807, 2.05) is 0 Å². The van der Waals surface area contributed by atoms with Crippen molar-refractivity contribution in [3.8, 4) is 5.75 Å². The number of anilines is 2. The molecule has 144 valence electrons. The van der Waals surface area contributed by atoms with E-state index in [2.05, 4.69) is 10.6 Å². The van der Waals surface area contributed by atoms with Crippen molar-refractivity contribution in [3.63, 3.8) is 0 Å². The lowest BCUT2D eigenvalue weighted by molar-refractivity contribution is -0.118. The third kappa shape index (κ3) is 5.80. The molecule has 0 fully saturated rings. The van der Waals surface area contributed by atoms with Gasteiger partial charge in [-0.05, 0) is 30.3 Å². The number of carbonyl (C=O) groups excluding carboxylic acids is 2. The lowest BCUT2D eigenvalue weighted by Gasteiger charge is -2.13. The molecule has 0 radical (unpaired) electrons. The van der Waals surface area contributed by atoms with Gasteiger partial charge in [-0.1, -0.05) is 12.1 Å². The molecule has 0 spiro atoms. The van der Waals surface area contributed by atoms with E-state index in [0.717, 1.165) is 4.31 Å². The molecule has 2 N–H and O–H groups in total. The van der Waals surface area contributed by atoms with Crippen LogP contribution in [-0.4, -0.2) is 45.2 Å². The Kier molecular flexibility index (Phi) is 6.54. The number of nitrogens with zero attached hydrogens (tertiary/aromatic N) is 1. The van der Waals surface area contributed by atoms with E-state index in [-0.39, 0.29) is 17.4 Å². The Bertz CT molecular complexity index is 942. The first-order chi connectivity index (χ1) is 12.7. The van der Waals surface area contributed by atoms with Gasteiger partial charge in [-0.2, -0.15) is 0 Å². The topological polar surface area (TPSA) is 105 Å². The minimum atomic E-state index is -3.59. The quantitative estimate of drug-likeness (QED) is 0.750. The van der Waals surface area contributed by atoms with E-state index in [9.17, 15) is 18.0 Å². The number of hydrogen-bond donors (Lipinski definition) is 2. The lowest BCUT2D eigenvalue weighted by atomic mass is 10.3. The summed E-state index contributed by atoms with van der Waals surface area (Å²) in [5.41, 5.74) is 0.903. The lowest BCUT2D eigenvalue weighted by Crippen LogP contribution is -2.23. The second kappa shape index (κ2) is 8.65. The highest BCUT2D eigenvalue weighted by molar-refractivity contribution is 7.89. The molecule has 2 aromatic carbocycles. The molecular formula is C18H21N3O5S. The van der Waals surface area contributed by atoms with Gasteiger partial charge in [0.15, 0.2) is 6.61 Å². The van der Waals surface area contributed by atoms with Gasteiger partial charge in [-0.15, -0.1) is 0 Å². The Morgan fingerprint density at radius 2 is 1.63 bits per heavy atom. The van der Waals surface area contributed by atoms with Gasteiger partial charge >= 0.3 is 0 Å². The zero-order valence-corrected chi connectivity index (χ0v) is 16.0. The predicted molar refractivity (Wildman–Crippen MR) is 102 cm³/mol. The zero-order valence-electron chi connectivity index (χ0n) is 15.2. The van der Waals surface area contributed by atoms with Gasteiger partial charge in [0, 0.05) is 38.5 Å². The van der Waals surface area contributed by atoms with Crippen molar-refractivity contribution in [2.75, 3.05) is 31.3 Å². The van der Waals surface area contributed by atoms with Gasteiger partial charge < -0.3 is 15.4 Å². The average Bonchev–Trinajstić information content (AvgIpc) is 2.60. The van der Waals surface area contributed by atoms with Crippen molar-refractivity contribution in [2.24, 2.45) is 0 Å². The standard InChI is InChI=1S/C18H21N3O5S/c1-13(22)19-14-6-4-8-16(10-14)26-12-18(23)20-15-7-5-9-17(11-15)27(24,25)21(2)3/h4-11H,12H2,1-3H3,(H,19,22)(H,20,23). The third-order valence-electron chi connectivity index (χ3n) is 3.42. The van der Waals surface area contributed by atoms with Gasteiger partial charge in [0.25, 0.3) is 5.91 Å². The summed E-state index contributed by atoms with van der Waals surface area (Å²) in [5.74, 6) is -0.239. The number of benzene rings is 2. The van der Waals surface area contributed by atoms with E-state index in [0.29, 0.717) is 17.1 Å². The van der Waals surface area contributed by atoms with Crippen LogP contribution in [0, 0.1) is 0 Å². The van der Waals surface area contributed by atoms with Gasteiger partial charge in [0.1, 0.15) is 5.75 Å². The fraction of sp³-hybridized carbons (Fsp3) is 0.222. The van der Waals surface area contributed by atoms with Gasteiger partial charge in [-0.3, -0.25) is 9.59 Å². The van der Waals surface area contributed by atoms with Crippen LogP contribution in [0.1, 0.15) is 6.92 Å². The minimum absolute atomic E-state index is 0.0780. The number of nitrogens with one attached hydrogen (secondary N) is 2. The fourth-order valence-corrected chi connectivity index (χ4v) is 3.11. The summed E-state index contributed by atoms with van der Waals surface area (Å²) < 4.78 is 30.8. The van der Waals surface area contributed by atoms with Gasteiger partial charge in [-0.25, -0.2) is 12.7 Å². The molecule has 0 heterocycles. The minimum Gasteiger partial charge on any atom is -0.484 e. The maximum Gasteiger partial charge on any atom is 0.262 e. The largest absolute Gasteiger partial charge is 0.484 e. The van der Waals surface area contributed by atoms with Crippen molar-refractivity contribution < 1.29 is 22.7 Å². The van der Waals surface area contributed by atoms with Crippen LogP contribution < -0.4 is 15.4 Å². The van der Waals surface area contributed by atoms with Crippen LogP contribution in [0.5, 0.6) is 5.75 Å². The highest BCUT2D eigenvalue weighted by Gasteiger charge is 2.17. The normalized spacial score (nSPS) is 11.1. The number of amides is 2. The van der Waals surface area contributed by atoms with E-state index in [4.69, 9.17) is 4.74 Å². The number of sulfonamides is 1. The molecule has 27 heavy (non-hydrogen) atoms. The Morgan fingerprint density at radius 1 is 1.00 bits per heavy atom. The van der Waals surface area contributed by atoms with Crippen LogP contribution in [0.25, 0.3) is 0 Å². The molecule has 0 saturated heterocycles. The van der Waals surface area contributed by atoms with Crippen molar-refractivity contribution in [2.45, 2.75) is 11.8 Å². The summed E-state index contributed by atoms with van der Waals surface area (Å²) in [5, 5.41) is 5.22. The first kappa shape index (κ1) is 20.4. The molecule has 0 aliphatic rings. The molecule has 2 amide bonds. The third-order valence-corrected chi connectivity index (χ3v) is 5.23. The number of rotatable bonds is 7. The second-order valence-electron chi connectivity index (χ2n) is 5.86. The molecular weight excluding hydrogens is 370 g/mol. The van der Waals surface area contributed by atoms with Crippen molar-refractivity contribution >= 4 is 33.2 Å². The average molecular weight is 391 g/mol. The molecule has 8 nitrogen and oxygen atoms in total. The Hall–Kier alpha value is -2.91. The summed E-state index contributed by atoms with van der Waals surface area (Å²) >= 11 is 0. The molecule has 9 heteroatoms. The molecule has 0 aliphatic heterocycles. The number of hydrogen-bond acceptors (Lipinski definition) is 5. The Morgan fingerprint density at radius 3 is 2.26 bits per heavy atom. The predicted octanol–water partition coefficient (Wildman–Crippen LogP) is 1.91. The fourth-order valence-electron chi connectivity index (χ4n) is 2.16. The smallest absolute Gasteiger partial charge is 0.262 e.